The summed E-state index contributed by atoms with van der Waals surface area (Å²) in [6, 6.07) is 0. The maximum atomic E-state index is 12.1. The lowest BCUT2D eigenvalue weighted by molar-refractivity contribution is -0.140. The molecule has 1 saturated heterocycles. The van der Waals surface area contributed by atoms with Crippen molar-refractivity contribution in [2.45, 2.75) is 33.1 Å². The van der Waals surface area contributed by atoms with E-state index in [1.165, 1.54) is 4.90 Å². The number of nitrogens with zero attached hydrogens (tertiary/aromatic N) is 1. The summed E-state index contributed by atoms with van der Waals surface area (Å²) in [6.07, 6.45) is 2.86. The summed E-state index contributed by atoms with van der Waals surface area (Å²) < 4.78 is 0. The van der Waals surface area contributed by atoms with Gasteiger partial charge in [0.05, 0.1) is 11.8 Å². The van der Waals surface area contributed by atoms with Gasteiger partial charge in [-0.05, 0) is 31.8 Å². The fourth-order valence-electron chi connectivity index (χ4n) is 3.01. The molecule has 1 aliphatic heterocycles. The Bertz CT molecular complexity index is 295. The number of carbonyl (C=O) groups is 2. The zero-order valence-corrected chi connectivity index (χ0v) is 10.7. The maximum absolute atomic E-state index is 12.1. The van der Waals surface area contributed by atoms with Crippen LogP contribution in [0.3, 0.4) is 0 Å². The first kappa shape index (κ1) is 12.6. The largest absolute Gasteiger partial charge is 0.317 e. The molecule has 1 heterocycles. The molecule has 2 rings (SSSR count). The SMILES string of the molecule is CCNCC(C)CN1C(=O)C2CCCC2C1=O. The standard InChI is InChI=1S/C13H22N2O2/c1-3-14-7-9(2)8-15-12(16)10-5-4-6-11(10)13(15)17/h9-11,14H,3-8H2,1-2H3. The van der Waals surface area contributed by atoms with Crippen LogP contribution in [-0.4, -0.2) is 36.3 Å². The van der Waals surface area contributed by atoms with Gasteiger partial charge >= 0.3 is 0 Å². The van der Waals surface area contributed by atoms with Crippen LogP contribution in [0.1, 0.15) is 33.1 Å². The number of hydrogen-bond acceptors (Lipinski definition) is 3. The van der Waals surface area contributed by atoms with Crippen molar-refractivity contribution < 1.29 is 9.59 Å². The van der Waals surface area contributed by atoms with Crippen molar-refractivity contribution in [1.29, 1.82) is 0 Å². The van der Waals surface area contributed by atoms with Gasteiger partial charge in [0.2, 0.25) is 11.8 Å². The molecule has 0 aromatic heterocycles. The zero-order chi connectivity index (χ0) is 12.4. The maximum Gasteiger partial charge on any atom is 0.233 e. The molecular formula is C13H22N2O2. The van der Waals surface area contributed by atoms with E-state index in [9.17, 15) is 9.59 Å². The molecular weight excluding hydrogens is 216 g/mol. The molecule has 3 atom stereocenters. The molecule has 0 aromatic carbocycles. The van der Waals surface area contributed by atoms with Gasteiger partial charge in [0.1, 0.15) is 0 Å². The second-order valence-electron chi connectivity index (χ2n) is 5.34. The van der Waals surface area contributed by atoms with Crippen molar-refractivity contribution >= 4 is 11.8 Å². The quantitative estimate of drug-likeness (QED) is 0.727. The van der Waals surface area contributed by atoms with Crippen LogP contribution in [0.5, 0.6) is 0 Å². The molecule has 0 radical (unpaired) electrons. The number of amides is 2. The summed E-state index contributed by atoms with van der Waals surface area (Å²) in [7, 11) is 0. The van der Waals surface area contributed by atoms with E-state index in [0.29, 0.717) is 12.5 Å². The van der Waals surface area contributed by atoms with Gasteiger partial charge in [-0.25, -0.2) is 0 Å². The number of hydrogen-bond donors (Lipinski definition) is 1. The average molecular weight is 238 g/mol. The molecule has 17 heavy (non-hydrogen) atoms. The van der Waals surface area contributed by atoms with Crippen molar-refractivity contribution in [2.24, 2.45) is 17.8 Å². The third kappa shape index (κ3) is 2.37. The highest BCUT2D eigenvalue weighted by Crippen LogP contribution is 2.39. The molecule has 4 nitrogen and oxygen atoms in total. The van der Waals surface area contributed by atoms with Gasteiger partial charge in [0, 0.05) is 6.54 Å². The third-order valence-electron chi connectivity index (χ3n) is 3.92. The lowest BCUT2D eigenvalue weighted by Crippen LogP contribution is -2.38. The first-order chi connectivity index (χ1) is 8.15. The molecule has 1 N–H and O–H groups in total. The van der Waals surface area contributed by atoms with Crippen LogP contribution >= 0.6 is 0 Å². The molecule has 0 spiro atoms. The Morgan fingerprint density at radius 2 is 1.88 bits per heavy atom. The van der Waals surface area contributed by atoms with Gasteiger partial charge in [0.25, 0.3) is 0 Å². The molecule has 0 bridgehead atoms. The lowest BCUT2D eigenvalue weighted by Gasteiger charge is -2.20. The van der Waals surface area contributed by atoms with Gasteiger partial charge in [-0.1, -0.05) is 20.3 Å². The molecule has 2 aliphatic rings. The Hall–Kier alpha value is -0.900. The highest BCUT2D eigenvalue weighted by atomic mass is 16.2. The number of likely N-dealkylation sites (tertiary alicyclic amines) is 1. The highest BCUT2D eigenvalue weighted by Gasteiger charge is 2.49. The summed E-state index contributed by atoms with van der Waals surface area (Å²) in [5, 5.41) is 3.25. The molecule has 1 saturated carbocycles. The van der Waals surface area contributed by atoms with Crippen LogP contribution in [0.25, 0.3) is 0 Å². The normalized spacial score (nSPS) is 29.9. The summed E-state index contributed by atoms with van der Waals surface area (Å²) in [5.74, 6) is 0.519. The molecule has 3 unspecified atom stereocenters. The van der Waals surface area contributed by atoms with Crippen LogP contribution in [0.2, 0.25) is 0 Å². The number of fused-ring (bicyclic) bond motifs is 1. The molecule has 0 aromatic rings. The summed E-state index contributed by atoms with van der Waals surface area (Å²) in [6.45, 7) is 6.51. The van der Waals surface area contributed by atoms with E-state index in [4.69, 9.17) is 0 Å². The topological polar surface area (TPSA) is 49.4 Å². The predicted molar refractivity (Wildman–Crippen MR) is 65.3 cm³/mol. The van der Waals surface area contributed by atoms with Gasteiger partial charge in [-0.15, -0.1) is 0 Å². The van der Waals surface area contributed by atoms with Crippen LogP contribution in [0, 0.1) is 17.8 Å². The highest BCUT2D eigenvalue weighted by molar-refractivity contribution is 6.05. The second-order valence-corrected chi connectivity index (χ2v) is 5.34. The monoisotopic (exact) mass is 238 g/mol. The Labute approximate surface area is 103 Å². The Kier molecular flexibility index (Phi) is 3.82. The molecule has 1 aliphatic carbocycles. The third-order valence-corrected chi connectivity index (χ3v) is 3.92. The van der Waals surface area contributed by atoms with E-state index < -0.39 is 0 Å². The van der Waals surface area contributed by atoms with Crippen LogP contribution < -0.4 is 5.32 Å². The van der Waals surface area contributed by atoms with E-state index in [1.54, 1.807) is 0 Å². The van der Waals surface area contributed by atoms with E-state index in [-0.39, 0.29) is 23.7 Å². The van der Waals surface area contributed by atoms with Gasteiger partial charge in [0.15, 0.2) is 0 Å². The van der Waals surface area contributed by atoms with Crippen molar-refractivity contribution in [3.63, 3.8) is 0 Å². The Morgan fingerprint density at radius 3 is 2.41 bits per heavy atom. The van der Waals surface area contributed by atoms with Gasteiger partial charge < -0.3 is 5.32 Å². The van der Waals surface area contributed by atoms with Crippen molar-refractivity contribution in [3.05, 3.63) is 0 Å². The van der Waals surface area contributed by atoms with Crippen molar-refractivity contribution in [1.82, 2.24) is 10.2 Å². The summed E-state index contributed by atoms with van der Waals surface area (Å²) >= 11 is 0. The first-order valence-electron chi connectivity index (χ1n) is 6.71. The minimum absolute atomic E-state index is 0.00818. The smallest absolute Gasteiger partial charge is 0.233 e. The lowest BCUT2D eigenvalue weighted by atomic mass is 10.00. The van der Waals surface area contributed by atoms with E-state index >= 15 is 0 Å². The summed E-state index contributed by atoms with van der Waals surface area (Å²) in [5.41, 5.74) is 0. The van der Waals surface area contributed by atoms with Crippen molar-refractivity contribution in [2.75, 3.05) is 19.6 Å². The van der Waals surface area contributed by atoms with Gasteiger partial charge in [-0.2, -0.15) is 0 Å². The number of imide groups is 1. The zero-order valence-electron chi connectivity index (χ0n) is 10.7. The molecule has 2 amide bonds. The average Bonchev–Trinajstić information content (AvgIpc) is 2.87. The Morgan fingerprint density at radius 1 is 1.29 bits per heavy atom. The molecule has 4 heteroatoms. The molecule has 96 valence electrons. The van der Waals surface area contributed by atoms with Gasteiger partial charge in [-0.3, -0.25) is 14.5 Å². The first-order valence-corrected chi connectivity index (χ1v) is 6.71. The fraction of sp³-hybridized carbons (Fsp3) is 0.846. The van der Waals surface area contributed by atoms with E-state index in [0.717, 1.165) is 32.4 Å². The molecule has 2 fully saturated rings. The minimum Gasteiger partial charge on any atom is -0.317 e. The van der Waals surface area contributed by atoms with Crippen LogP contribution in [0.15, 0.2) is 0 Å². The summed E-state index contributed by atoms with van der Waals surface area (Å²) in [4.78, 5) is 25.7. The number of carbonyl (C=O) groups excluding carboxylic acids is 2. The van der Waals surface area contributed by atoms with Crippen LogP contribution in [0.4, 0.5) is 0 Å². The van der Waals surface area contributed by atoms with E-state index in [2.05, 4.69) is 19.2 Å². The van der Waals surface area contributed by atoms with Crippen molar-refractivity contribution in [3.8, 4) is 0 Å². The Balaban J connectivity index is 1.93. The second kappa shape index (κ2) is 5.17. The minimum atomic E-state index is 0.00818. The van der Waals surface area contributed by atoms with Crippen LogP contribution in [-0.2, 0) is 9.59 Å². The number of nitrogens with one attached hydrogen (secondary N) is 1. The van der Waals surface area contributed by atoms with E-state index in [1.807, 2.05) is 0 Å². The predicted octanol–water partition coefficient (Wildman–Crippen LogP) is 1.02. The fourth-order valence-corrected chi connectivity index (χ4v) is 3.01. The number of rotatable bonds is 5.